The van der Waals surface area contributed by atoms with Crippen molar-refractivity contribution in [3.63, 3.8) is 0 Å². The number of benzene rings is 2. The maximum Gasteiger partial charge on any atom is 0.275 e. The Hall–Kier alpha value is -2.36. The van der Waals surface area contributed by atoms with E-state index >= 15 is 0 Å². The van der Waals surface area contributed by atoms with Gasteiger partial charge in [0.15, 0.2) is 11.3 Å². The van der Waals surface area contributed by atoms with E-state index in [-0.39, 0.29) is 5.78 Å². The molecule has 1 atom stereocenters. The van der Waals surface area contributed by atoms with Gasteiger partial charge < -0.3 is 0 Å². The molecule has 4 rings (SSSR count). The van der Waals surface area contributed by atoms with Gasteiger partial charge in [0, 0.05) is 27.2 Å². The number of rotatable bonds is 4. The van der Waals surface area contributed by atoms with Crippen LogP contribution in [0.1, 0.15) is 22.3 Å². The van der Waals surface area contributed by atoms with Crippen LogP contribution in [0.25, 0.3) is 0 Å². The van der Waals surface area contributed by atoms with E-state index < -0.39 is 5.54 Å². The second kappa shape index (κ2) is 6.75. The number of carbonyl (C=O) groups excluding carboxylic acids is 1. The first kappa shape index (κ1) is 17.1. The van der Waals surface area contributed by atoms with Crippen molar-refractivity contribution in [2.75, 3.05) is 5.32 Å². The lowest BCUT2D eigenvalue weighted by molar-refractivity contribution is -0.678. The fourth-order valence-corrected chi connectivity index (χ4v) is 3.70. The molecule has 3 nitrogen and oxygen atoms in total. The number of Topliss-reactive ketones (excluding diaryl/α,β-unsaturated/α-hetero) is 1. The molecule has 5 heteroatoms. The van der Waals surface area contributed by atoms with Crippen molar-refractivity contribution in [3.05, 3.63) is 94.1 Å². The normalized spacial score (nSPS) is 18.2. The number of fused-ring (bicyclic) bond motifs is 1. The van der Waals surface area contributed by atoms with Crippen molar-refractivity contribution in [2.45, 2.75) is 18.5 Å². The van der Waals surface area contributed by atoms with Crippen LogP contribution >= 0.6 is 23.2 Å². The summed E-state index contributed by atoms with van der Waals surface area (Å²) in [5.41, 5.74) is 1.17. The zero-order chi connectivity index (χ0) is 18.1. The third-order valence-electron chi connectivity index (χ3n) is 4.77. The van der Waals surface area contributed by atoms with Gasteiger partial charge in [-0.2, -0.15) is 0 Å². The minimum Gasteiger partial charge on any atom is -0.294 e. The Morgan fingerprint density at radius 2 is 1.62 bits per heavy atom. The molecule has 3 aromatic rings. The first-order valence-corrected chi connectivity index (χ1v) is 9.13. The lowest BCUT2D eigenvalue weighted by Crippen LogP contribution is -2.41. The number of halogens is 2. The summed E-state index contributed by atoms with van der Waals surface area (Å²) in [5.74, 6) is 1.06. The highest BCUT2D eigenvalue weighted by Crippen LogP contribution is 2.35. The molecular weight excluding hydrogens is 367 g/mol. The van der Waals surface area contributed by atoms with E-state index in [1.54, 1.807) is 24.3 Å². The number of ketones is 1. The van der Waals surface area contributed by atoms with Crippen LogP contribution in [-0.2, 0) is 12.1 Å². The molecule has 2 aromatic carbocycles. The summed E-state index contributed by atoms with van der Waals surface area (Å²) < 4.78 is 2.13. The Kier molecular flexibility index (Phi) is 4.43. The number of hydrogen-bond acceptors (Lipinski definition) is 2. The fourth-order valence-electron chi connectivity index (χ4n) is 3.45. The number of anilines is 1. The lowest BCUT2D eigenvalue weighted by atomic mass is 9.84. The Bertz CT molecular complexity index is 928. The van der Waals surface area contributed by atoms with Gasteiger partial charge in [0.2, 0.25) is 0 Å². The summed E-state index contributed by atoms with van der Waals surface area (Å²) in [7, 11) is 0. The van der Waals surface area contributed by atoms with E-state index in [0.717, 1.165) is 11.4 Å². The summed E-state index contributed by atoms with van der Waals surface area (Å²) in [6.07, 6.45) is 2.35. The Balaban J connectivity index is 1.71. The molecule has 130 valence electrons. The zero-order valence-corrected chi connectivity index (χ0v) is 15.5. The number of carbonyl (C=O) groups is 1. The molecule has 1 unspecified atom stereocenters. The summed E-state index contributed by atoms with van der Waals surface area (Å²) in [6, 6.07) is 20.7. The molecule has 0 saturated heterocycles. The quantitative estimate of drug-likeness (QED) is 0.514. The summed E-state index contributed by atoms with van der Waals surface area (Å²) in [4.78, 5) is 13.0. The molecule has 26 heavy (non-hydrogen) atoms. The molecule has 0 radical (unpaired) electrons. The van der Waals surface area contributed by atoms with Crippen LogP contribution in [0.3, 0.4) is 0 Å². The van der Waals surface area contributed by atoms with E-state index in [0.29, 0.717) is 28.6 Å². The first-order valence-electron chi connectivity index (χ1n) is 8.37. The fraction of sp³-hybridized carbons (Fsp3) is 0.143. The molecule has 2 heterocycles. The Labute approximate surface area is 162 Å². The van der Waals surface area contributed by atoms with Crippen LogP contribution in [0.5, 0.6) is 0 Å². The van der Waals surface area contributed by atoms with Gasteiger partial charge in [0.25, 0.3) is 5.82 Å². The van der Waals surface area contributed by atoms with Crippen LogP contribution in [0.4, 0.5) is 5.82 Å². The smallest absolute Gasteiger partial charge is 0.275 e. The highest BCUT2D eigenvalue weighted by Gasteiger charge is 2.47. The maximum atomic E-state index is 13.0. The molecular formula is C21H17Cl2N2O+. The molecule has 1 aromatic heterocycles. The second-order valence-electron chi connectivity index (χ2n) is 6.53. The third-order valence-corrected chi connectivity index (χ3v) is 5.28. The van der Waals surface area contributed by atoms with Crippen molar-refractivity contribution in [2.24, 2.45) is 0 Å². The van der Waals surface area contributed by atoms with Crippen molar-refractivity contribution >= 4 is 34.8 Å². The molecule has 0 aliphatic carbocycles. The highest BCUT2D eigenvalue weighted by molar-refractivity contribution is 6.30. The first-order chi connectivity index (χ1) is 12.6. The van der Waals surface area contributed by atoms with Gasteiger partial charge in [-0.15, -0.1) is 0 Å². The molecule has 0 spiro atoms. The van der Waals surface area contributed by atoms with Gasteiger partial charge in [0.05, 0.1) is 12.6 Å². The average Bonchev–Trinajstić information content (AvgIpc) is 3.01. The van der Waals surface area contributed by atoms with Gasteiger partial charge in [-0.05, 0) is 42.5 Å². The number of hydrogen-bond donors (Lipinski definition) is 1. The molecule has 0 amide bonds. The van der Waals surface area contributed by atoms with Crippen LogP contribution in [0.2, 0.25) is 10.0 Å². The molecule has 0 bridgehead atoms. The van der Waals surface area contributed by atoms with Crippen LogP contribution in [0.15, 0.2) is 72.9 Å². The van der Waals surface area contributed by atoms with E-state index in [2.05, 4.69) is 9.88 Å². The SMILES string of the molecule is O=C(CC1(c2ccc(Cl)cc2)C[n+]2ccccc2N1)c1ccc(Cl)cc1. The van der Waals surface area contributed by atoms with Crippen LogP contribution < -0.4 is 9.88 Å². The summed E-state index contributed by atoms with van der Waals surface area (Å²) in [5, 5.41) is 4.87. The lowest BCUT2D eigenvalue weighted by Gasteiger charge is -2.24. The topological polar surface area (TPSA) is 33.0 Å². The predicted molar refractivity (Wildman–Crippen MR) is 104 cm³/mol. The summed E-state index contributed by atoms with van der Waals surface area (Å²) >= 11 is 12.0. The number of aromatic nitrogens is 1. The van der Waals surface area contributed by atoms with E-state index in [1.165, 1.54) is 0 Å². The molecule has 1 N–H and O–H groups in total. The van der Waals surface area contributed by atoms with E-state index in [1.807, 2.05) is 48.7 Å². The van der Waals surface area contributed by atoms with Gasteiger partial charge in [0.1, 0.15) is 6.54 Å². The van der Waals surface area contributed by atoms with Crippen LogP contribution in [-0.4, -0.2) is 5.78 Å². The highest BCUT2D eigenvalue weighted by atomic mass is 35.5. The molecule has 0 saturated carbocycles. The minimum atomic E-state index is -0.518. The number of nitrogens with one attached hydrogen (secondary N) is 1. The molecule has 1 aliphatic rings. The minimum absolute atomic E-state index is 0.0672. The van der Waals surface area contributed by atoms with Gasteiger partial charge >= 0.3 is 0 Å². The van der Waals surface area contributed by atoms with Gasteiger partial charge in [-0.1, -0.05) is 41.4 Å². The van der Waals surface area contributed by atoms with Gasteiger partial charge in [-0.25, -0.2) is 4.57 Å². The monoisotopic (exact) mass is 383 g/mol. The summed E-state index contributed by atoms with van der Waals surface area (Å²) in [6.45, 7) is 0.671. The second-order valence-corrected chi connectivity index (χ2v) is 7.41. The van der Waals surface area contributed by atoms with Crippen molar-refractivity contribution in [3.8, 4) is 0 Å². The van der Waals surface area contributed by atoms with E-state index in [4.69, 9.17) is 23.2 Å². The average molecular weight is 384 g/mol. The van der Waals surface area contributed by atoms with Crippen molar-refractivity contribution in [1.82, 2.24) is 0 Å². The van der Waals surface area contributed by atoms with Crippen molar-refractivity contribution in [1.29, 1.82) is 0 Å². The standard InChI is InChI=1S/C21H16Cl2N2O/c22-17-8-4-15(5-9-17)19(26)13-21(16-6-10-18(23)11-7-16)14-25-12-2-1-3-20(25)24-21/h1-12H,13-14H2/p+1. The van der Waals surface area contributed by atoms with E-state index in [9.17, 15) is 4.79 Å². The van der Waals surface area contributed by atoms with Crippen molar-refractivity contribution < 1.29 is 9.36 Å². The predicted octanol–water partition coefficient (Wildman–Crippen LogP) is 4.87. The Morgan fingerprint density at radius 3 is 2.27 bits per heavy atom. The largest absolute Gasteiger partial charge is 0.294 e. The Morgan fingerprint density at radius 1 is 0.962 bits per heavy atom. The number of pyridine rings is 1. The zero-order valence-electron chi connectivity index (χ0n) is 14.0. The number of nitrogens with zero attached hydrogens (tertiary/aromatic N) is 1. The van der Waals surface area contributed by atoms with Gasteiger partial charge in [-0.3, -0.25) is 10.1 Å². The molecule has 1 aliphatic heterocycles. The molecule has 0 fully saturated rings. The third kappa shape index (κ3) is 3.20. The maximum absolute atomic E-state index is 13.0. The van der Waals surface area contributed by atoms with Crippen LogP contribution in [0, 0.1) is 0 Å².